The highest BCUT2D eigenvalue weighted by atomic mass is 35.5. The zero-order valence-electron chi connectivity index (χ0n) is 32.5. The molecule has 6 atom stereocenters. The van der Waals surface area contributed by atoms with Gasteiger partial charge in [-0.2, -0.15) is 10.4 Å². The van der Waals surface area contributed by atoms with Crippen LogP contribution in [-0.4, -0.2) is 66.8 Å². The van der Waals surface area contributed by atoms with Crippen LogP contribution in [-0.2, 0) is 29.7 Å². The molecule has 1 aliphatic heterocycles. The molecule has 0 radical (unpaired) electrons. The summed E-state index contributed by atoms with van der Waals surface area (Å²) in [4.78, 5) is 14.6. The van der Waals surface area contributed by atoms with Gasteiger partial charge in [-0.3, -0.25) is 9.05 Å². The van der Waals surface area contributed by atoms with Gasteiger partial charge in [0.1, 0.15) is 35.8 Å². The SMILES string of the molecule is CCCCCCCCCCCCCCCCCC[C@H](COP(=O)(O)OC[C@@]1(C)O[C@@H](c2ccc3c(N)ncnn23)[C@H](O)[C@@H]1O)OCc1cc(Cl)cc(C#N)c1. The molecule has 1 unspecified atom stereocenters. The largest absolute Gasteiger partial charge is 0.472 e. The first-order chi connectivity index (χ1) is 26.5. The monoisotopic (exact) mass is 805 g/mol. The maximum atomic E-state index is 13.1. The Morgan fingerprint density at radius 1 is 0.982 bits per heavy atom. The van der Waals surface area contributed by atoms with E-state index in [-0.39, 0.29) is 19.0 Å². The second-order valence-electron chi connectivity index (χ2n) is 15.0. The summed E-state index contributed by atoms with van der Waals surface area (Å²) in [6.45, 7) is 3.07. The summed E-state index contributed by atoms with van der Waals surface area (Å²) < 4.78 is 37.5. The number of hydrogen-bond acceptors (Lipinski definition) is 11. The molecule has 0 aliphatic carbocycles. The Balaban J connectivity index is 1.22. The molecular weight excluding hydrogens is 745 g/mol. The van der Waals surface area contributed by atoms with E-state index in [0.29, 0.717) is 33.8 Å². The molecular formula is C40H61ClN5O8P. The van der Waals surface area contributed by atoms with E-state index >= 15 is 0 Å². The minimum atomic E-state index is -4.66. The fourth-order valence-corrected chi connectivity index (χ4v) is 8.18. The molecule has 0 spiro atoms. The number of hydrogen-bond donors (Lipinski definition) is 4. The Morgan fingerprint density at radius 3 is 2.22 bits per heavy atom. The van der Waals surface area contributed by atoms with E-state index in [2.05, 4.69) is 23.1 Å². The highest BCUT2D eigenvalue weighted by Gasteiger charge is 2.53. The number of nitriles is 1. The van der Waals surface area contributed by atoms with Crippen molar-refractivity contribution in [3.8, 4) is 6.07 Å². The van der Waals surface area contributed by atoms with Crippen LogP contribution in [0.2, 0.25) is 5.02 Å². The molecule has 306 valence electrons. The number of unbranched alkanes of at least 4 members (excludes halogenated alkanes) is 15. The van der Waals surface area contributed by atoms with Gasteiger partial charge in [-0.25, -0.2) is 14.1 Å². The van der Waals surface area contributed by atoms with Crippen LogP contribution >= 0.6 is 19.4 Å². The summed E-state index contributed by atoms with van der Waals surface area (Å²) >= 11 is 6.19. The summed E-state index contributed by atoms with van der Waals surface area (Å²) in [6.07, 6.45) is 17.5. The number of ether oxygens (including phenoxy) is 2. The standard InChI is InChI=1S/C40H61ClN5O8P/c1-3-4-5-6-7-8-9-10-11-12-13-14-15-16-17-18-19-33(51-26-31-22-30(25-42)23-32(41)24-31)27-52-55(49,50)53-28-40(2)38(48)36(47)37(54-40)34-20-21-35-39(43)44-29-45-46(34)35/h20-24,29,33,36-38,47-48H,3-19,26-28H2,1-2H3,(H,49,50)(H2,43,44,45)/t33-,36+,37+,38+,40-/m1/s1. The van der Waals surface area contributed by atoms with Crippen molar-refractivity contribution in [2.45, 2.75) is 160 Å². The topological polar surface area (TPSA) is 195 Å². The molecule has 0 saturated carbocycles. The lowest BCUT2D eigenvalue weighted by Crippen LogP contribution is -2.44. The molecule has 55 heavy (non-hydrogen) atoms. The third-order valence-corrected chi connectivity index (χ3v) is 11.5. The zero-order valence-corrected chi connectivity index (χ0v) is 34.1. The molecule has 0 bridgehead atoms. The van der Waals surface area contributed by atoms with Crippen molar-refractivity contribution < 1.29 is 38.2 Å². The molecule has 1 aliphatic rings. The molecule has 13 nitrogen and oxygen atoms in total. The van der Waals surface area contributed by atoms with Crippen LogP contribution in [0.15, 0.2) is 36.7 Å². The van der Waals surface area contributed by atoms with Crippen molar-refractivity contribution in [1.82, 2.24) is 14.6 Å². The first-order valence-electron chi connectivity index (χ1n) is 20.0. The molecule has 3 aromatic rings. The van der Waals surface area contributed by atoms with E-state index in [1.807, 2.05) is 0 Å². The van der Waals surface area contributed by atoms with Crippen molar-refractivity contribution in [2.75, 3.05) is 18.9 Å². The second kappa shape index (κ2) is 22.9. The number of nitrogens with zero attached hydrogens (tertiary/aromatic N) is 4. The van der Waals surface area contributed by atoms with Crippen LogP contribution in [0.3, 0.4) is 0 Å². The molecule has 15 heteroatoms. The molecule has 1 aromatic carbocycles. The van der Waals surface area contributed by atoms with Crippen LogP contribution in [0.4, 0.5) is 5.82 Å². The van der Waals surface area contributed by atoms with E-state index in [9.17, 15) is 24.9 Å². The number of aromatic nitrogens is 3. The van der Waals surface area contributed by atoms with Gasteiger partial charge in [0.25, 0.3) is 0 Å². The predicted octanol–water partition coefficient (Wildman–Crippen LogP) is 8.76. The lowest BCUT2D eigenvalue weighted by molar-refractivity contribution is -0.101. The van der Waals surface area contributed by atoms with Gasteiger partial charge in [-0.1, -0.05) is 121 Å². The Morgan fingerprint density at radius 2 is 1.60 bits per heavy atom. The van der Waals surface area contributed by atoms with Crippen LogP contribution < -0.4 is 5.73 Å². The average Bonchev–Trinajstić information content (AvgIpc) is 3.70. The average molecular weight is 806 g/mol. The fourth-order valence-electron chi connectivity index (χ4n) is 7.07. The van der Waals surface area contributed by atoms with E-state index in [1.165, 1.54) is 101 Å². The summed E-state index contributed by atoms with van der Waals surface area (Å²) in [5.41, 5.74) is 6.39. The van der Waals surface area contributed by atoms with Crippen molar-refractivity contribution in [3.63, 3.8) is 0 Å². The lowest BCUT2D eigenvalue weighted by atomic mass is 9.97. The van der Waals surface area contributed by atoms with Crippen molar-refractivity contribution in [1.29, 1.82) is 5.26 Å². The number of anilines is 1. The first kappa shape index (κ1) is 45.1. The Labute approximate surface area is 331 Å². The number of aliphatic hydroxyl groups excluding tert-OH is 2. The minimum Gasteiger partial charge on any atom is -0.387 e. The summed E-state index contributed by atoms with van der Waals surface area (Å²) in [7, 11) is -4.66. The van der Waals surface area contributed by atoms with Crippen LogP contribution in [0, 0.1) is 11.3 Å². The number of nitrogens with two attached hydrogens (primary N) is 1. The highest BCUT2D eigenvalue weighted by Crippen LogP contribution is 2.48. The smallest absolute Gasteiger partial charge is 0.387 e. The maximum Gasteiger partial charge on any atom is 0.472 e. The molecule has 1 saturated heterocycles. The zero-order chi connectivity index (χ0) is 39.7. The molecule has 3 heterocycles. The number of fused-ring (bicyclic) bond motifs is 1. The fraction of sp³-hybridized carbons (Fsp3) is 0.675. The van der Waals surface area contributed by atoms with Crippen LogP contribution in [0.25, 0.3) is 5.52 Å². The van der Waals surface area contributed by atoms with Gasteiger partial charge in [0.2, 0.25) is 0 Å². The highest BCUT2D eigenvalue weighted by molar-refractivity contribution is 7.47. The number of nitrogen functional groups attached to an aromatic ring is 1. The van der Waals surface area contributed by atoms with Gasteiger partial charge in [0.15, 0.2) is 5.82 Å². The molecule has 0 amide bonds. The van der Waals surface area contributed by atoms with E-state index in [4.69, 9.17) is 35.9 Å². The van der Waals surface area contributed by atoms with E-state index in [1.54, 1.807) is 30.3 Å². The predicted molar refractivity (Wildman–Crippen MR) is 212 cm³/mol. The van der Waals surface area contributed by atoms with Crippen LogP contribution in [0.1, 0.15) is 146 Å². The van der Waals surface area contributed by atoms with Crippen molar-refractivity contribution >= 4 is 30.8 Å². The summed E-state index contributed by atoms with van der Waals surface area (Å²) in [5.74, 6) is 0.232. The third kappa shape index (κ3) is 14.4. The number of phosphoric acid groups is 1. The molecule has 2 aromatic heterocycles. The van der Waals surface area contributed by atoms with Crippen molar-refractivity contribution in [2.24, 2.45) is 0 Å². The van der Waals surface area contributed by atoms with Gasteiger partial charge >= 0.3 is 7.82 Å². The molecule has 4 rings (SSSR count). The molecule has 5 N–H and O–H groups in total. The summed E-state index contributed by atoms with van der Waals surface area (Å²) in [6, 6.07) is 10.4. The van der Waals surface area contributed by atoms with Crippen LogP contribution in [0.5, 0.6) is 0 Å². The van der Waals surface area contributed by atoms with Gasteiger partial charge < -0.3 is 30.3 Å². The number of benzene rings is 1. The molecule has 1 fully saturated rings. The number of phosphoric ester groups is 1. The third-order valence-electron chi connectivity index (χ3n) is 10.3. The summed E-state index contributed by atoms with van der Waals surface area (Å²) in [5, 5.41) is 35.8. The van der Waals surface area contributed by atoms with Gasteiger partial charge in [0.05, 0.1) is 43.3 Å². The first-order valence-corrected chi connectivity index (χ1v) is 21.9. The van der Waals surface area contributed by atoms with Gasteiger partial charge in [0, 0.05) is 5.02 Å². The quantitative estimate of drug-likeness (QED) is 0.0423. The Kier molecular flexibility index (Phi) is 18.8. The van der Waals surface area contributed by atoms with E-state index < -0.39 is 44.4 Å². The van der Waals surface area contributed by atoms with E-state index in [0.717, 1.165) is 19.3 Å². The number of rotatable bonds is 27. The number of halogens is 1. The Hall–Kier alpha value is -2.63. The van der Waals surface area contributed by atoms with Crippen molar-refractivity contribution in [3.05, 3.63) is 58.5 Å². The van der Waals surface area contributed by atoms with Gasteiger partial charge in [-0.05, 0) is 49.2 Å². The van der Waals surface area contributed by atoms with Gasteiger partial charge in [-0.15, -0.1) is 0 Å². The maximum absolute atomic E-state index is 13.1. The lowest BCUT2D eigenvalue weighted by Gasteiger charge is -2.28. The normalized spacial score (nSPS) is 21.5. The second-order valence-corrected chi connectivity index (χ2v) is 16.9. The Bertz CT molecular complexity index is 1690. The minimum absolute atomic E-state index is 0.126. The number of aliphatic hydroxyl groups is 2.